The van der Waals surface area contributed by atoms with Crippen molar-refractivity contribution in [2.75, 3.05) is 9.80 Å². The molecule has 0 atom stereocenters. The molecule has 11 rings (SSSR count). The van der Waals surface area contributed by atoms with Crippen LogP contribution in [0.3, 0.4) is 0 Å². The van der Waals surface area contributed by atoms with Gasteiger partial charge in [-0.25, -0.2) is 0 Å². The highest BCUT2D eigenvalue weighted by atomic mass is 16.5. The minimum atomic E-state index is -0.303. The lowest BCUT2D eigenvalue weighted by Gasteiger charge is -2.45. The molecule has 0 unspecified atom stereocenters. The van der Waals surface area contributed by atoms with Crippen molar-refractivity contribution in [3.05, 3.63) is 192 Å². The van der Waals surface area contributed by atoms with Crippen LogP contribution in [0.15, 0.2) is 170 Å². The van der Waals surface area contributed by atoms with Gasteiger partial charge in [-0.3, -0.25) is 0 Å². The molecule has 0 radical (unpaired) electrons. The van der Waals surface area contributed by atoms with E-state index in [1.54, 1.807) is 0 Å². The van der Waals surface area contributed by atoms with Gasteiger partial charge >= 0.3 is 0 Å². The molecule has 0 amide bonds. The van der Waals surface area contributed by atoms with Crippen molar-refractivity contribution in [1.29, 1.82) is 0 Å². The van der Waals surface area contributed by atoms with Crippen LogP contribution in [0.2, 0.25) is 0 Å². The van der Waals surface area contributed by atoms with Gasteiger partial charge < -0.3 is 14.5 Å². The van der Waals surface area contributed by atoms with Crippen LogP contribution in [0.1, 0.15) is 49.9 Å². The first-order chi connectivity index (χ1) is 26.8. The summed E-state index contributed by atoms with van der Waals surface area (Å²) >= 11 is 0. The molecule has 264 valence electrons. The number of hydrogen-bond acceptors (Lipinski definition) is 3. The van der Waals surface area contributed by atoms with E-state index >= 15 is 0 Å². The molecule has 0 spiro atoms. The predicted octanol–water partition coefficient (Wildman–Crippen LogP) is 14.5. The number of nitrogens with zero attached hydrogens (tertiary/aromatic N) is 2. The Bertz CT molecular complexity index is 2850. The zero-order chi connectivity index (χ0) is 37.1. The summed E-state index contributed by atoms with van der Waals surface area (Å²) < 4.78 is 6.69. The first-order valence-electron chi connectivity index (χ1n) is 19.3. The largest absolute Gasteiger partial charge is 0.453 e. The van der Waals surface area contributed by atoms with Crippen LogP contribution in [-0.4, -0.2) is 0 Å². The van der Waals surface area contributed by atoms with Gasteiger partial charge in [0, 0.05) is 33.3 Å². The number of fused-ring (bicyclic) bond motifs is 9. The van der Waals surface area contributed by atoms with Crippen LogP contribution in [0.5, 0.6) is 11.5 Å². The van der Waals surface area contributed by atoms with Crippen molar-refractivity contribution < 1.29 is 4.74 Å². The Morgan fingerprint density at radius 1 is 0.436 bits per heavy atom. The Hall–Kier alpha value is -6.58. The van der Waals surface area contributed by atoms with Crippen LogP contribution in [0.25, 0.3) is 33.0 Å². The first-order valence-corrected chi connectivity index (χ1v) is 19.3. The fourth-order valence-electron chi connectivity index (χ4n) is 9.57. The van der Waals surface area contributed by atoms with E-state index in [2.05, 4.69) is 207 Å². The lowest BCUT2D eigenvalue weighted by molar-refractivity contribution is 0.472. The smallest absolute Gasteiger partial charge is 0.152 e. The Kier molecular flexibility index (Phi) is 6.65. The maximum Gasteiger partial charge on any atom is 0.152 e. The molecule has 3 aliphatic rings. The number of anilines is 6. The van der Waals surface area contributed by atoms with Gasteiger partial charge in [-0.1, -0.05) is 143 Å². The maximum atomic E-state index is 6.69. The van der Waals surface area contributed by atoms with Gasteiger partial charge in [0.05, 0.1) is 17.1 Å². The SMILES string of the molecule is CC1(C)c2ccccc2-c2ccc(N(c3ccc(-c4ccccc4)cc3)c3ccc4c(c3)C(C)(C)c3cccc5c3N4c3c(ccc4ccccc34)O5)cc21. The second kappa shape index (κ2) is 11.5. The van der Waals surface area contributed by atoms with E-state index in [0.717, 1.165) is 39.9 Å². The summed E-state index contributed by atoms with van der Waals surface area (Å²) in [5.41, 5.74) is 16.7. The van der Waals surface area contributed by atoms with E-state index in [0.29, 0.717) is 0 Å². The minimum absolute atomic E-state index is 0.115. The highest BCUT2D eigenvalue weighted by Crippen LogP contribution is 2.62. The molecule has 0 fully saturated rings. The van der Waals surface area contributed by atoms with Crippen LogP contribution in [0.4, 0.5) is 34.1 Å². The average Bonchev–Trinajstić information content (AvgIpc) is 3.45. The fourth-order valence-corrected chi connectivity index (χ4v) is 9.57. The third-order valence-electron chi connectivity index (χ3n) is 12.4. The number of hydrogen-bond donors (Lipinski definition) is 0. The second-order valence-corrected chi connectivity index (χ2v) is 16.2. The zero-order valence-corrected chi connectivity index (χ0v) is 31.5. The Morgan fingerprint density at radius 2 is 1.05 bits per heavy atom. The number of benzene rings is 8. The zero-order valence-electron chi connectivity index (χ0n) is 31.5. The summed E-state index contributed by atoms with van der Waals surface area (Å²) in [5.74, 6) is 1.77. The highest BCUT2D eigenvalue weighted by Gasteiger charge is 2.43. The number of ether oxygens (including phenoxy) is 1. The van der Waals surface area contributed by atoms with Gasteiger partial charge in [-0.15, -0.1) is 0 Å². The van der Waals surface area contributed by atoms with Gasteiger partial charge in [0.2, 0.25) is 0 Å². The molecule has 8 aromatic rings. The maximum absolute atomic E-state index is 6.69. The molecule has 0 aromatic heterocycles. The molecular formula is C52H40N2O. The van der Waals surface area contributed by atoms with Crippen molar-refractivity contribution in [1.82, 2.24) is 0 Å². The van der Waals surface area contributed by atoms with Crippen LogP contribution < -0.4 is 14.5 Å². The van der Waals surface area contributed by atoms with Gasteiger partial charge in [-0.2, -0.15) is 0 Å². The quantitative estimate of drug-likeness (QED) is 0.181. The highest BCUT2D eigenvalue weighted by molar-refractivity contribution is 6.06. The lowest BCUT2D eigenvalue weighted by Crippen LogP contribution is -2.32. The van der Waals surface area contributed by atoms with Crippen molar-refractivity contribution in [2.24, 2.45) is 0 Å². The molecule has 55 heavy (non-hydrogen) atoms. The van der Waals surface area contributed by atoms with E-state index in [1.165, 1.54) is 61.0 Å². The molecule has 2 aliphatic heterocycles. The summed E-state index contributed by atoms with van der Waals surface area (Å²) in [4.78, 5) is 4.91. The summed E-state index contributed by atoms with van der Waals surface area (Å²) in [7, 11) is 0. The molecule has 1 aliphatic carbocycles. The third-order valence-corrected chi connectivity index (χ3v) is 12.4. The van der Waals surface area contributed by atoms with Crippen molar-refractivity contribution in [2.45, 2.75) is 38.5 Å². The molecule has 0 N–H and O–H groups in total. The van der Waals surface area contributed by atoms with E-state index in [4.69, 9.17) is 4.74 Å². The van der Waals surface area contributed by atoms with Crippen molar-refractivity contribution in [3.8, 4) is 33.8 Å². The van der Waals surface area contributed by atoms with Crippen LogP contribution in [0, 0.1) is 0 Å². The normalized spacial score (nSPS) is 14.9. The topological polar surface area (TPSA) is 15.7 Å². The predicted molar refractivity (Wildman–Crippen MR) is 229 cm³/mol. The molecule has 8 aromatic carbocycles. The lowest BCUT2D eigenvalue weighted by atomic mass is 9.73. The van der Waals surface area contributed by atoms with Crippen LogP contribution in [-0.2, 0) is 10.8 Å². The monoisotopic (exact) mass is 708 g/mol. The summed E-state index contributed by atoms with van der Waals surface area (Å²) in [6, 6.07) is 62.1. The molecule has 3 heteroatoms. The van der Waals surface area contributed by atoms with Gasteiger partial charge in [0.25, 0.3) is 0 Å². The minimum Gasteiger partial charge on any atom is -0.453 e. The first kappa shape index (κ1) is 31.9. The Labute approximate surface area is 322 Å². The van der Waals surface area contributed by atoms with Crippen molar-refractivity contribution >= 4 is 44.9 Å². The van der Waals surface area contributed by atoms with Crippen molar-refractivity contribution in [3.63, 3.8) is 0 Å². The summed E-state index contributed by atoms with van der Waals surface area (Å²) in [5, 5.41) is 2.37. The molecule has 0 saturated carbocycles. The van der Waals surface area contributed by atoms with E-state index in [-0.39, 0.29) is 10.8 Å². The number of para-hydroxylation sites is 1. The van der Waals surface area contributed by atoms with Gasteiger partial charge in [0.1, 0.15) is 0 Å². The molecule has 3 nitrogen and oxygen atoms in total. The van der Waals surface area contributed by atoms with E-state index in [9.17, 15) is 0 Å². The second-order valence-electron chi connectivity index (χ2n) is 16.2. The average molecular weight is 709 g/mol. The van der Waals surface area contributed by atoms with E-state index < -0.39 is 0 Å². The molecule has 0 saturated heterocycles. The standard InChI is InChI=1S/C52H40N2O/c1-51(2)42-18-11-10-17-40(42)41-28-26-37(31-44(41)51)53(36-24-21-34(22-25-36)33-13-6-5-7-14-33)38-27-29-46-45(32-38)52(3,4)43-19-12-20-47-50(43)54(46)49-39-16-9-8-15-35(39)23-30-48(49)55-47/h5-32H,1-4H3. The molecular weight excluding hydrogens is 669 g/mol. The van der Waals surface area contributed by atoms with Crippen LogP contribution >= 0.6 is 0 Å². The van der Waals surface area contributed by atoms with Gasteiger partial charge in [-0.05, 0) is 104 Å². The summed E-state index contributed by atoms with van der Waals surface area (Å²) in [6.07, 6.45) is 0. The molecule has 0 bridgehead atoms. The van der Waals surface area contributed by atoms with E-state index in [1.807, 2.05) is 0 Å². The Balaban J connectivity index is 1.12. The molecule has 2 heterocycles. The summed E-state index contributed by atoms with van der Waals surface area (Å²) in [6.45, 7) is 9.43. The fraction of sp³-hybridized carbons (Fsp3) is 0.115. The number of rotatable bonds is 4. The Morgan fingerprint density at radius 3 is 1.89 bits per heavy atom. The van der Waals surface area contributed by atoms with Gasteiger partial charge in [0.15, 0.2) is 11.5 Å². The third kappa shape index (κ3) is 4.56.